The first-order valence-electron chi connectivity index (χ1n) is 13.5. The average Bonchev–Trinajstić information content (AvgIpc) is 3.04. The third kappa shape index (κ3) is 2.59. The van der Waals surface area contributed by atoms with E-state index in [2.05, 4.69) is 55.0 Å². The minimum atomic E-state index is -0.131. The van der Waals surface area contributed by atoms with Crippen molar-refractivity contribution in [3.63, 3.8) is 0 Å². The molecule has 1 heteroatoms. The largest absolute Gasteiger partial charge is 0.299 e. The monoisotopic (exact) mass is 424 g/mol. The molecule has 0 aromatic carbocycles. The van der Waals surface area contributed by atoms with Crippen molar-refractivity contribution in [1.29, 1.82) is 0 Å². The van der Waals surface area contributed by atoms with Gasteiger partial charge >= 0.3 is 0 Å². The third-order valence-electron chi connectivity index (χ3n) is 13.2. The van der Waals surface area contributed by atoms with Gasteiger partial charge in [-0.15, -0.1) is 0 Å². The summed E-state index contributed by atoms with van der Waals surface area (Å²) in [5.41, 5.74) is 3.06. The Morgan fingerprint density at radius 3 is 2.19 bits per heavy atom. The normalized spacial score (nSPS) is 55.6. The molecule has 0 aliphatic heterocycles. The summed E-state index contributed by atoms with van der Waals surface area (Å²) < 4.78 is 0. The fraction of sp³-hybridized carbons (Fsp3) is 0.900. The number of ketones is 1. The lowest BCUT2D eigenvalue weighted by Gasteiger charge is -2.72. The molecule has 0 saturated heterocycles. The van der Waals surface area contributed by atoms with Crippen LogP contribution in [0.5, 0.6) is 0 Å². The first-order chi connectivity index (χ1) is 14.3. The number of carbonyl (C=O) groups is 1. The first kappa shape index (κ1) is 22.2. The summed E-state index contributed by atoms with van der Waals surface area (Å²) in [5, 5.41) is 0. The van der Waals surface area contributed by atoms with Gasteiger partial charge < -0.3 is 0 Å². The van der Waals surface area contributed by atoms with E-state index < -0.39 is 0 Å². The Morgan fingerprint density at radius 1 is 0.806 bits per heavy atom. The Morgan fingerprint density at radius 2 is 1.52 bits per heavy atom. The molecule has 0 aromatic rings. The molecule has 5 aliphatic rings. The van der Waals surface area contributed by atoms with Gasteiger partial charge in [-0.1, -0.05) is 53.7 Å². The Kier molecular flexibility index (Phi) is 4.66. The maximum atomic E-state index is 12.9. The molecule has 5 rings (SSSR count). The van der Waals surface area contributed by atoms with Crippen LogP contribution in [0.2, 0.25) is 0 Å². The van der Waals surface area contributed by atoms with Gasteiger partial charge in [-0.25, -0.2) is 0 Å². The van der Waals surface area contributed by atoms with Crippen LogP contribution in [0, 0.1) is 56.7 Å². The molecule has 5 aliphatic carbocycles. The number of Topliss-reactive ketones (excluding diaryl/α,β-unsaturated/α-hetero) is 1. The van der Waals surface area contributed by atoms with Gasteiger partial charge in [-0.2, -0.15) is 0 Å². The number of carbonyl (C=O) groups excluding carboxylic acids is 1. The van der Waals surface area contributed by atoms with E-state index in [1.54, 1.807) is 0 Å². The second-order valence-electron chi connectivity index (χ2n) is 14.5. The summed E-state index contributed by atoms with van der Waals surface area (Å²) in [6.07, 6.45) is 13.0. The molecule has 0 N–H and O–H groups in total. The fourth-order valence-corrected chi connectivity index (χ4v) is 11.3. The average molecular weight is 425 g/mol. The summed E-state index contributed by atoms with van der Waals surface area (Å²) >= 11 is 0. The van der Waals surface area contributed by atoms with Gasteiger partial charge in [0.25, 0.3) is 0 Å². The van der Waals surface area contributed by atoms with Crippen LogP contribution in [-0.4, -0.2) is 5.78 Å². The lowest BCUT2D eigenvalue weighted by Crippen LogP contribution is -2.66. The maximum Gasteiger partial charge on any atom is 0.138 e. The maximum absolute atomic E-state index is 12.9. The van der Waals surface area contributed by atoms with Gasteiger partial charge in [-0.05, 0) is 116 Å². The zero-order valence-electron chi connectivity index (χ0n) is 21.6. The van der Waals surface area contributed by atoms with Gasteiger partial charge in [-0.3, -0.25) is 4.79 Å². The van der Waals surface area contributed by atoms with E-state index in [4.69, 9.17) is 0 Å². The molecular formula is C30H48O. The van der Waals surface area contributed by atoms with Crippen molar-refractivity contribution in [2.24, 2.45) is 56.7 Å². The molecule has 31 heavy (non-hydrogen) atoms. The van der Waals surface area contributed by atoms with Crippen LogP contribution < -0.4 is 0 Å². The van der Waals surface area contributed by atoms with Crippen molar-refractivity contribution in [2.45, 2.75) is 113 Å². The molecule has 0 bridgehead atoms. The second kappa shape index (κ2) is 6.50. The summed E-state index contributed by atoms with van der Waals surface area (Å²) in [6, 6.07) is 0. The number of fused-ring (bicyclic) bond motifs is 7. The lowest BCUT2D eigenvalue weighted by atomic mass is 9.32. The third-order valence-corrected chi connectivity index (χ3v) is 13.2. The van der Waals surface area contributed by atoms with Crippen LogP contribution in [0.3, 0.4) is 0 Å². The van der Waals surface area contributed by atoms with Gasteiger partial charge in [0.15, 0.2) is 0 Å². The highest BCUT2D eigenvalue weighted by atomic mass is 16.1. The van der Waals surface area contributed by atoms with E-state index in [1.807, 2.05) is 0 Å². The second-order valence-corrected chi connectivity index (χ2v) is 14.5. The van der Waals surface area contributed by atoms with Crippen LogP contribution >= 0.6 is 0 Å². The number of hydrogen-bond donors (Lipinski definition) is 0. The van der Waals surface area contributed by atoms with Crippen LogP contribution in [0.25, 0.3) is 0 Å². The van der Waals surface area contributed by atoms with E-state index in [1.165, 1.54) is 56.9 Å². The van der Waals surface area contributed by atoms with Gasteiger partial charge in [0.1, 0.15) is 5.78 Å². The van der Waals surface area contributed by atoms with Crippen molar-refractivity contribution in [3.05, 3.63) is 12.2 Å². The zero-order chi connectivity index (χ0) is 22.6. The highest BCUT2D eigenvalue weighted by molar-refractivity contribution is 5.85. The Labute approximate surface area is 192 Å². The number of rotatable bonds is 1. The molecule has 0 amide bonds. The number of allylic oxidation sites excluding steroid dienone is 1. The highest BCUT2D eigenvalue weighted by Crippen LogP contribution is 2.77. The molecule has 1 nitrogen and oxygen atoms in total. The Hall–Kier alpha value is -0.590. The molecule has 0 radical (unpaired) electrons. The molecule has 5 fully saturated rings. The summed E-state index contributed by atoms with van der Waals surface area (Å²) in [6.45, 7) is 22.0. The molecule has 0 heterocycles. The van der Waals surface area contributed by atoms with E-state index in [9.17, 15) is 4.79 Å². The van der Waals surface area contributed by atoms with Gasteiger partial charge in [0.05, 0.1) is 0 Å². The predicted octanol–water partition coefficient (Wildman–Crippen LogP) is 8.23. The van der Waals surface area contributed by atoms with E-state index in [0.29, 0.717) is 33.4 Å². The van der Waals surface area contributed by atoms with Gasteiger partial charge in [0, 0.05) is 11.8 Å². The molecule has 9 atom stereocenters. The first-order valence-corrected chi connectivity index (χ1v) is 13.5. The van der Waals surface area contributed by atoms with Crippen molar-refractivity contribution in [1.82, 2.24) is 0 Å². The molecule has 0 spiro atoms. The quantitative estimate of drug-likeness (QED) is 0.387. The summed E-state index contributed by atoms with van der Waals surface area (Å²) in [7, 11) is 0. The van der Waals surface area contributed by atoms with Crippen molar-refractivity contribution in [2.75, 3.05) is 0 Å². The topological polar surface area (TPSA) is 17.1 Å². The Balaban J connectivity index is 1.55. The molecule has 5 saturated carbocycles. The fourth-order valence-electron chi connectivity index (χ4n) is 11.3. The van der Waals surface area contributed by atoms with Crippen molar-refractivity contribution < 1.29 is 4.79 Å². The molecular weight excluding hydrogens is 376 g/mol. The zero-order valence-corrected chi connectivity index (χ0v) is 21.6. The van der Waals surface area contributed by atoms with E-state index >= 15 is 0 Å². The van der Waals surface area contributed by atoms with Crippen LogP contribution in [0.1, 0.15) is 113 Å². The Bertz CT molecular complexity index is 807. The minimum absolute atomic E-state index is 0.131. The molecule has 0 unspecified atom stereocenters. The van der Waals surface area contributed by atoms with Crippen LogP contribution in [0.15, 0.2) is 12.2 Å². The van der Waals surface area contributed by atoms with E-state index in [-0.39, 0.29) is 5.41 Å². The van der Waals surface area contributed by atoms with Crippen molar-refractivity contribution in [3.8, 4) is 0 Å². The minimum Gasteiger partial charge on any atom is -0.299 e. The number of hydrogen-bond acceptors (Lipinski definition) is 1. The molecule has 174 valence electrons. The SMILES string of the molecule is C=C(C)[C@@H]1CC[C@]2(C)CC[C@]3(C)[C@@H](CC[C@H]4[C@@]5(C)CCC(=O)C(C)(C)[C@H]5CC[C@]43C)[C@H]12. The van der Waals surface area contributed by atoms with Crippen LogP contribution in [-0.2, 0) is 4.79 Å². The summed E-state index contributed by atoms with van der Waals surface area (Å²) in [4.78, 5) is 12.9. The lowest BCUT2D eigenvalue weighted by molar-refractivity contribution is -0.232. The predicted molar refractivity (Wildman–Crippen MR) is 130 cm³/mol. The van der Waals surface area contributed by atoms with Crippen molar-refractivity contribution >= 4 is 5.78 Å². The standard InChI is InChI=1S/C30H48O/c1-19(2)20-11-14-27(5)17-18-29(7)21(25(20)27)9-10-23-28(6)15-13-24(31)26(3,4)22(28)12-16-30(23,29)8/h20-23,25H,1,9-18H2,2-8H3/t20-,21-,22+,23-,25-,27+,28-,29+,30+/m0/s1. The van der Waals surface area contributed by atoms with Crippen LogP contribution in [0.4, 0.5) is 0 Å². The summed E-state index contributed by atoms with van der Waals surface area (Å²) in [5.74, 6) is 4.33. The smallest absolute Gasteiger partial charge is 0.138 e. The van der Waals surface area contributed by atoms with E-state index in [0.717, 1.165) is 36.5 Å². The highest BCUT2D eigenvalue weighted by Gasteiger charge is 2.70. The van der Waals surface area contributed by atoms with Gasteiger partial charge in [0.2, 0.25) is 0 Å². The molecule has 0 aromatic heterocycles.